The van der Waals surface area contributed by atoms with Gasteiger partial charge in [0.05, 0.1) is 17.6 Å². The van der Waals surface area contributed by atoms with E-state index in [2.05, 4.69) is 21.2 Å². The van der Waals surface area contributed by atoms with Gasteiger partial charge in [-0.3, -0.25) is 9.59 Å². The minimum absolute atomic E-state index is 0.0601. The lowest BCUT2D eigenvalue weighted by Gasteiger charge is -2.38. The predicted octanol–water partition coefficient (Wildman–Crippen LogP) is 4.00. The van der Waals surface area contributed by atoms with Gasteiger partial charge in [-0.25, -0.2) is 0 Å². The zero-order chi connectivity index (χ0) is 17.1. The molecule has 2 aromatic carbocycles. The summed E-state index contributed by atoms with van der Waals surface area (Å²) in [5.41, 5.74) is 1.73. The molecule has 24 heavy (non-hydrogen) atoms. The number of benzene rings is 2. The van der Waals surface area contributed by atoms with Crippen molar-refractivity contribution in [2.45, 2.75) is 18.9 Å². The molecule has 124 valence electrons. The predicted molar refractivity (Wildman–Crippen MR) is 97.4 cm³/mol. The van der Waals surface area contributed by atoms with E-state index < -0.39 is 0 Å². The van der Waals surface area contributed by atoms with E-state index in [1.807, 2.05) is 54.6 Å². The van der Waals surface area contributed by atoms with Crippen molar-refractivity contribution in [3.63, 3.8) is 0 Å². The molecule has 1 N–H and O–H groups in total. The van der Waals surface area contributed by atoms with Crippen molar-refractivity contribution in [3.8, 4) is 0 Å². The Labute approximate surface area is 150 Å². The van der Waals surface area contributed by atoms with Gasteiger partial charge in [0.1, 0.15) is 0 Å². The number of likely N-dealkylation sites (tertiary alicyclic amines) is 1. The zero-order valence-corrected chi connectivity index (χ0v) is 15.0. The number of carbonyl (C=O) groups excluding carboxylic acids is 2. The zero-order valence-electron chi connectivity index (χ0n) is 13.4. The Balaban J connectivity index is 1.88. The van der Waals surface area contributed by atoms with Crippen LogP contribution in [-0.4, -0.2) is 23.8 Å². The third-order valence-electron chi connectivity index (χ3n) is 4.47. The maximum absolute atomic E-state index is 12.9. The van der Waals surface area contributed by atoms with Gasteiger partial charge in [-0.1, -0.05) is 42.5 Å². The molecule has 2 unspecified atom stereocenters. The van der Waals surface area contributed by atoms with Crippen LogP contribution in [0.4, 0.5) is 5.69 Å². The number of anilines is 1. The SMILES string of the molecule is CN1C(=O)CCC(C(=O)Nc2ccccc2Br)C1c1ccccc1. The third-order valence-corrected chi connectivity index (χ3v) is 5.16. The molecule has 0 bridgehead atoms. The van der Waals surface area contributed by atoms with Crippen molar-refractivity contribution in [3.05, 3.63) is 64.6 Å². The summed E-state index contributed by atoms with van der Waals surface area (Å²) >= 11 is 3.45. The quantitative estimate of drug-likeness (QED) is 0.866. The molecular weight excluding hydrogens is 368 g/mol. The van der Waals surface area contributed by atoms with Crippen LogP contribution >= 0.6 is 15.9 Å². The van der Waals surface area contributed by atoms with Crippen LogP contribution in [0.25, 0.3) is 0 Å². The minimum Gasteiger partial charge on any atom is -0.338 e. The van der Waals surface area contributed by atoms with Gasteiger partial charge in [0.25, 0.3) is 0 Å². The highest BCUT2D eigenvalue weighted by atomic mass is 79.9. The highest BCUT2D eigenvalue weighted by Crippen LogP contribution is 2.36. The van der Waals surface area contributed by atoms with E-state index in [4.69, 9.17) is 0 Å². The van der Waals surface area contributed by atoms with Crippen LogP contribution in [-0.2, 0) is 9.59 Å². The molecule has 0 spiro atoms. The summed E-state index contributed by atoms with van der Waals surface area (Å²) in [6.07, 6.45) is 0.951. The van der Waals surface area contributed by atoms with E-state index in [0.29, 0.717) is 12.8 Å². The van der Waals surface area contributed by atoms with Crippen molar-refractivity contribution in [1.82, 2.24) is 4.90 Å². The lowest BCUT2D eigenvalue weighted by Crippen LogP contribution is -2.44. The van der Waals surface area contributed by atoms with Crippen LogP contribution in [0.15, 0.2) is 59.1 Å². The molecule has 1 aliphatic heterocycles. The summed E-state index contributed by atoms with van der Waals surface area (Å²) in [5, 5.41) is 2.99. The molecule has 0 saturated carbocycles. The summed E-state index contributed by atoms with van der Waals surface area (Å²) in [7, 11) is 1.78. The molecule has 3 rings (SSSR count). The van der Waals surface area contributed by atoms with Gasteiger partial charge in [-0.05, 0) is 40.0 Å². The third kappa shape index (κ3) is 3.36. The molecule has 1 fully saturated rings. The molecule has 2 amide bonds. The maximum Gasteiger partial charge on any atom is 0.229 e. The minimum atomic E-state index is -0.276. The Hall–Kier alpha value is -2.14. The summed E-state index contributed by atoms with van der Waals surface area (Å²) in [4.78, 5) is 26.7. The number of nitrogens with zero attached hydrogens (tertiary/aromatic N) is 1. The van der Waals surface area contributed by atoms with Crippen molar-refractivity contribution in [2.24, 2.45) is 5.92 Å². The summed E-state index contributed by atoms with van der Waals surface area (Å²) < 4.78 is 0.842. The maximum atomic E-state index is 12.9. The highest BCUT2D eigenvalue weighted by Gasteiger charge is 2.38. The van der Waals surface area contributed by atoms with Gasteiger partial charge in [0.2, 0.25) is 11.8 Å². The number of piperidine rings is 1. The Bertz CT molecular complexity index is 748. The second-order valence-corrected chi connectivity index (χ2v) is 6.83. The number of para-hydroxylation sites is 1. The van der Waals surface area contributed by atoms with E-state index in [9.17, 15) is 9.59 Å². The van der Waals surface area contributed by atoms with Crippen LogP contribution in [0, 0.1) is 5.92 Å². The molecule has 1 aliphatic rings. The number of hydrogen-bond donors (Lipinski definition) is 1. The van der Waals surface area contributed by atoms with Gasteiger partial charge in [0.15, 0.2) is 0 Å². The molecule has 2 aromatic rings. The summed E-state index contributed by atoms with van der Waals surface area (Å²) in [6, 6.07) is 17.0. The fraction of sp³-hybridized carbons (Fsp3) is 0.263. The van der Waals surface area contributed by atoms with E-state index >= 15 is 0 Å². The van der Waals surface area contributed by atoms with Crippen molar-refractivity contribution in [2.75, 3.05) is 12.4 Å². The smallest absolute Gasteiger partial charge is 0.229 e. The number of rotatable bonds is 3. The molecule has 2 atom stereocenters. The monoisotopic (exact) mass is 386 g/mol. The van der Waals surface area contributed by atoms with Gasteiger partial charge < -0.3 is 10.2 Å². The van der Waals surface area contributed by atoms with Gasteiger partial charge >= 0.3 is 0 Å². The van der Waals surface area contributed by atoms with E-state index in [0.717, 1.165) is 15.7 Å². The molecular formula is C19H19BrN2O2. The first kappa shape index (κ1) is 16.7. The fourth-order valence-electron chi connectivity index (χ4n) is 3.21. The normalized spacial score (nSPS) is 20.8. The van der Waals surface area contributed by atoms with Crippen LogP contribution in [0.3, 0.4) is 0 Å². The number of amides is 2. The molecule has 1 heterocycles. The van der Waals surface area contributed by atoms with Crippen LogP contribution in [0.5, 0.6) is 0 Å². The number of carbonyl (C=O) groups is 2. The Morgan fingerprint density at radius 3 is 2.50 bits per heavy atom. The largest absolute Gasteiger partial charge is 0.338 e. The lowest BCUT2D eigenvalue weighted by atomic mass is 9.84. The Morgan fingerprint density at radius 2 is 1.79 bits per heavy atom. The van der Waals surface area contributed by atoms with Crippen molar-refractivity contribution >= 4 is 33.4 Å². The standard InChI is InChI=1S/C19H19BrN2O2/c1-22-17(23)12-11-14(18(22)13-7-3-2-4-8-13)19(24)21-16-10-6-5-9-15(16)20/h2-10,14,18H,11-12H2,1H3,(H,21,24). The average Bonchev–Trinajstić information content (AvgIpc) is 2.60. The topological polar surface area (TPSA) is 49.4 Å². The van der Waals surface area contributed by atoms with Gasteiger partial charge in [0, 0.05) is 17.9 Å². The van der Waals surface area contributed by atoms with Crippen molar-refractivity contribution in [1.29, 1.82) is 0 Å². The molecule has 0 aliphatic carbocycles. The Kier molecular flexibility index (Phi) is 5.00. The lowest BCUT2D eigenvalue weighted by molar-refractivity contribution is -0.140. The van der Waals surface area contributed by atoms with E-state index in [1.54, 1.807) is 11.9 Å². The first-order valence-corrected chi connectivity index (χ1v) is 8.73. The van der Waals surface area contributed by atoms with Gasteiger partial charge in [-0.15, -0.1) is 0 Å². The Morgan fingerprint density at radius 1 is 1.12 bits per heavy atom. The molecule has 4 nitrogen and oxygen atoms in total. The average molecular weight is 387 g/mol. The van der Waals surface area contributed by atoms with Crippen molar-refractivity contribution < 1.29 is 9.59 Å². The first-order chi connectivity index (χ1) is 11.6. The molecule has 5 heteroatoms. The van der Waals surface area contributed by atoms with Crippen LogP contribution in [0.2, 0.25) is 0 Å². The second-order valence-electron chi connectivity index (χ2n) is 5.97. The van der Waals surface area contributed by atoms with Crippen LogP contribution < -0.4 is 5.32 Å². The molecule has 0 radical (unpaired) electrons. The fourth-order valence-corrected chi connectivity index (χ4v) is 3.59. The van der Waals surface area contributed by atoms with Crippen LogP contribution in [0.1, 0.15) is 24.4 Å². The number of halogens is 1. The number of nitrogens with one attached hydrogen (secondary N) is 1. The highest BCUT2D eigenvalue weighted by molar-refractivity contribution is 9.10. The number of hydrogen-bond acceptors (Lipinski definition) is 2. The van der Waals surface area contributed by atoms with E-state index in [1.165, 1.54) is 0 Å². The molecule has 0 aromatic heterocycles. The van der Waals surface area contributed by atoms with Gasteiger partial charge in [-0.2, -0.15) is 0 Å². The summed E-state index contributed by atoms with van der Waals surface area (Å²) in [5.74, 6) is -0.258. The molecule has 1 saturated heterocycles. The van der Waals surface area contributed by atoms with E-state index in [-0.39, 0.29) is 23.8 Å². The first-order valence-electron chi connectivity index (χ1n) is 7.94. The second kappa shape index (κ2) is 7.18. The summed E-state index contributed by atoms with van der Waals surface area (Å²) in [6.45, 7) is 0.